The molecule has 144 valence electrons. The largest absolute Gasteiger partial charge is 0.383 e. The van der Waals surface area contributed by atoms with Crippen LogP contribution in [-0.2, 0) is 4.74 Å². The standard InChI is InChI=1S/C21H21ClN4O2/c1-14-8-9-16(12-17(14)22)24-19-13-18(21(27)23-10-11-28-2)25-20(26-19)15-6-4-3-5-7-15/h3-9,12-13H,10-11H2,1-2H3,(H,23,27)(H,24,25,26). The molecule has 1 amide bonds. The Morgan fingerprint density at radius 2 is 1.89 bits per heavy atom. The number of methoxy groups -OCH3 is 1. The van der Waals surface area contributed by atoms with Crippen LogP contribution in [0.4, 0.5) is 11.5 Å². The van der Waals surface area contributed by atoms with E-state index in [1.165, 1.54) is 0 Å². The fourth-order valence-corrected chi connectivity index (χ4v) is 2.70. The fraction of sp³-hybridized carbons (Fsp3) is 0.190. The molecule has 0 atom stereocenters. The number of nitrogens with one attached hydrogen (secondary N) is 2. The molecule has 3 rings (SSSR count). The van der Waals surface area contributed by atoms with Gasteiger partial charge in [-0.2, -0.15) is 0 Å². The first-order chi connectivity index (χ1) is 13.6. The zero-order valence-electron chi connectivity index (χ0n) is 15.7. The lowest BCUT2D eigenvalue weighted by Gasteiger charge is -2.11. The number of aromatic nitrogens is 2. The Morgan fingerprint density at radius 1 is 1.11 bits per heavy atom. The van der Waals surface area contributed by atoms with Crippen molar-refractivity contribution in [2.45, 2.75) is 6.92 Å². The van der Waals surface area contributed by atoms with Gasteiger partial charge in [0.25, 0.3) is 5.91 Å². The second-order valence-electron chi connectivity index (χ2n) is 6.17. The SMILES string of the molecule is COCCNC(=O)c1cc(Nc2ccc(C)c(Cl)c2)nc(-c2ccccc2)n1. The van der Waals surface area contributed by atoms with Gasteiger partial charge in [-0.3, -0.25) is 4.79 Å². The van der Waals surface area contributed by atoms with Gasteiger partial charge in [-0.1, -0.05) is 48.0 Å². The molecule has 0 bridgehead atoms. The highest BCUT2D eigenvalue weighted by atomic mass is 35.5. The van der Waals surface area contributed by atoms with Crippen molar-refractivity contribution in [2.75, 3.05) is 25.6 Å². The van der Waals surface area contributed by atoms with Gasteiger partial charge in [0.1, 0.15) is 11.5 Å². The zero-order chi connectivity index (χ0) is 19.9. The summed E-state index contributed by atoms with van der Waals surface area (Å²) in [7, 11) is 1.58. The van der Waals surface area contributed by atoms with Gasteiger partial charge in [0.2, 0.25) is 0 Å². The molecule has 2 N–H and O–H groups in total. The molecule has 0 aliphatic carbocycles. The van der Waals surface area contributed by atoms with Crippen LogP contribution in [0, 0.1) is 6.92 Å². The van der Waals surface area contributed by atoms with Gasteiger partial charge >= 0.3 is 0 Å². The molecule has 0 aliphatic heterocycles. The first kappa shape index (κ1) is 19.8. The predicted molar refractivity (Wildman–Crippen MR) is 111 cm³/mol. The Labute approximate surface area is 168 Å². The molecule has 1 heterocycles. The van der Waals surface area contributed by atoms with E-state index >= 15 is 0 Å². The minimum Gasteiger partial charge on any atom is -0.383 e. The maximum atomic E-state index is 12.5. The van der Waals surface area contributed by atoms with E-state index in [1.54, 1.807) is 13.2 Å². The van der Waals surface area contributed by atoms with E-state index in [2.05, 4.69) is 20.6 Å². The molecule has 0 spiro atoms. The third-order valence-corrected chi connectivity index (χ3v) is 4.43. The number of ether oxygens (including phenoxy) is 1. The average Bonchev–Trinajstić information content (AvgIpc) is 2.71. The van der Waals surface area contributed by atoms with Gasteiger partial charge in [-0.25, -0.2) is 9.97 Å². The first-order valence-electron chi connectivity index (χ1n) is 8.81. The molecule has 6 nitrogen and oxygen atoms in total. The lowest BCUT2D eigenvalue weighted by molar-refractivity contribution is 0.0932. The number of anilines is 2. The molecule has 7 heteroatoms. The van der Waals surface area contributed by atoms with Crippen molar-refractivity contribution in [3.8, 4) is 11.4 Å². The molecule has 0 fully saturated rings. The van der Waals surface area contributed by atoms with E-state index in [-0.39, 0.29) is 11.6 Å². The Balaban J connectivity index is 1.94. The third kappa shape index (κ3) is 5.06. The second-order valence-corrected chi connectivity index (χ2v) is 6.57. The van der Waals surface area contributed by atoms with Gasteiger partial charge in [0.05, 0.1) is 6.61 Å². The fourth-order valence-electron chi connectivity index (χ4n) is 2.52. The predicted octanol–water partition coefficient (Wildman–Crippen LogP) is 4.23. The van der Waals surface area contributed by atoms with Crippen molar-refractivity contribution in [2.24, 2.45) is 0 Å². The molecule has 1 aromatic heterocycles. The summed E-state index contributed by atoms with van der Waals surface area (Å²) in [6.07, 6.45) is 0. The molecule has 0 saturated heterocycles. The number of benzene rings is 2. The summed E-state index contributed by atoms with van der Waals surface area (Å²) in [4.78, 5) is 21.5. The number of carbonyl (C=O) groups is 1. The van der Waals surface area contributed by atoms with Crippen LogP contribution in [0.25, 0.3) is 11.4 Å². The Kier molecular flexibility index (Phi) is 6.57. The Morgan fingerprint density at radius 3 is 2.61 bits per heavy atom. The molecule has 2 aromatic carbocycles. The number of aryl methyl sites for hydroxylation is 1. The normalized spacial score (nSPS) is 10.5. The minimum atomic E-state index is -0.290. The second kappa shape index (κ2) is 9.30. The van der Waals surface area contributed by atoms with Crippen LogP contribution in [0.3, 0.4) is 0 Å². The monoisotopic (exact) mass is 396 g/mol. The highest BCUT2D eigenvalue weighted by Gasteiger charge is 2.13. The summed E-state index contributed by atoms with van der Waals surface area (Å²) >= 11 is 6.21. The number of nitrogens with zero attached hydrogens (tertiary/aromatic N) is 2. The van der Waals surface area contributed by atoms with Crippen molar-refractivity contribution in [1.29, 1.82) is 0 Å². The summed E-state index contributed by atoms with van der Waals surface area (Å²) in [6, 6.07) is 16.8. The number of amides is 1. The molecule has 0 saturated carbocycles. The van der Waals surface area contributed by atoms with Crippen LogP contribution in [0.1, 0.15) is 16.1 Å². The summed E-state index contributed by atoms with van der Waals surface area (Å²) < 4.78 is 4.97. The van der Waals surface area contributed by atoms with Crippen molar-refractivity contribution in [3.63, 3.8) is 0 Å². The van der Waals surface area contributed by atoms with E-state index in [0.717, 1.165) is 16.8 Å². The summed E-state index contributed by atoms with van der Waals surface area (Å²) in [5.74, 6) is 0.674. The molecule has 0 radical (unpaired) electrons. The average molecular weight is 397 g/mol. The maximum Gasteiger partial charge on any atom is 0.270 e. The molecular weight excluding hydrogens is 376 g/mol. The van der Waals surface area contributed by atoms with Crippen LogP contribution in [0.15, 0.2) is 54.6 Å². The number of hydrogen-bond donors (Lipinski definition) is 2. The van der Waals surface area contributed by atoms with Gasteiger partial charge in [0, 0.05) is 36.0 Å². The van der Waals surface area contributed by atoms with Crippen LogP contribution in [-0.4, -0.2) is 36.1 Å². The Hall–Kier alpha value is -2.96. The minimum absolute atomic E-state index is 0.269. The van der Waals surface area contributed by atoms with Gasteiger partial charge in [0.15, 0.2) is 5.82 Å². The molecular formula is C21H21ClN4O2. The maximum absolute atomic E-state index is 12.5. The van der Waals surface area contributed by atoms with E-state index in [1.807, 2.05) is 55.5 Å². The smallest absolute Gasteiger partial charge is 0.270 e. The van der Waals surface area contributed by atoms with Crippen molar-refractivity contribution >= 4 is 29.0 Å². The summed E-state index contributed by atoms with van der Waals surface area (Å²) in [5.41, 5.74) is 2.85. The highest BCUT2D eigenvalue weighted by Crippen LogP contribution is 2.24. The molecule has 3 aromatic rings. The van der Waals surface area contributed by atoms with E-state index in [4.69, 9.17) is 16.3 Å². The number of halogens is 1. The van der Waals surface area contributed by atoms with Crippen LogP contribution >= 0.6 is 11.6 Å². The zero-order valence-corrected chi connectivity index (χ0v) is 16.5. The number of rotatable bonds is 7. The summed E-state index contributed by atoms with van der Waals surface area (Å²) in [5, 5.41) is 6.64. The van der Waals surface area contributed by atoms with Crippen LogP contribution in [0.5, 0.6) is 0 Å². The van der Waals surface area contributed by atoms with Crippen LogP contribution < -0.4 is 10.6 Å². The van der Waals surface area contributed by atoms with E-state index < -0.39 is 0 Å². The van der Waals surface area contributed by atoms with Gasteiger partial charge in [-0.05, 0) is 24.6 Å². The van der Waals surface area contributed by atoms with Crippen LogP contribution in [0.2, 0.25) is 5.02 Å². The highest BCUT2D eigenvalue weighted by molar-refractivity contribution is 6.31. The van der Waals surface area contributed by atoms with Crippen molar-refractivity contribution < 1.29 is 9.53 Å². The lowest BCUT2D eigenvalue weighted by atomic mass is 10.2. The number of carbonyl (C=O) groups excluding carboxylic acids is 1. The van der Waals surface area contributed by atoms with Crippen molar-refractivity contribution in [1.82, 2.24) is 15.3 Å². The first-order valence-corrected chi connectivity index (χ1v) is 9.19. The lowest BCUT2D eigenvalue weighted by Crippen LogP contribution is -2.28. The molecule has 0 unspecified atom stereocenters. The topological polar surface area (TPSA) is 76.1 Å². The van der Waals surface area contributed by atoms with Gasteiger partial charge < -0.3 is 15.4 Å². The van der Waals surface area contributed by atoms with E-state index in [9.17, 15) is 4.79 Å². The van der Waals surface area contributed by atoms with Crippen molar-refractivity contribution in [3.05, 3.63) is 70.9 Å². The Bertz CT molecular complexity index is 964. The quantitative estimate of drug-likeness (QED) is 0.584. The molecule has 0 aliphatic rings. The number of hydrogen-bond acceptors (Lipinski definition) is 5. The summed E-state index contributed by atoms with van der Waals surface area (Å²) in [6.45, 7) is 2.76. The van der Waals surface area contributed by atoms with Gasteiger partial charge in [-0.15, -0.1) is 0 Å². The third-order valence-electron chi connectivity index (χ3n) is 4.03. The molecule has 28 heavy (non-hydrogen) atoms. The van der Waals surface area contributed by atoms with E-state index in [0.29, 0.717) is 29.8 Å².